The van der Waals surface area contributed by atoms with Crippen LogP contribution in [0.5, 0.6) is 5.75 Å². The lowest BCUT2D eigenvalue weighted by molar-refractivity contribution is 0.152. The van der Waals surface area contributed by atoms with Gasteiger partial charge >= 0.3 is 0 Å². The fourth-order valence-electron chi connectivity index (χ4n) is 1.99. The van der Waals surface area contributed by atoms with Crippen LogP contribution in [0.25, 0.3) is 0 Å². The second-order valence-corrected chi connectivity index (χ2v) is 5.27. The molecule has 0 fully saturated rings. The summed E-state index contributed by atoms with van der Waals surface area (Å²) < 4.78 is 35.5. The SMILES string of the molecule is CCNC(=NCc1ccc(C)cc1OCCCOC)NCC(F)F. The van der Waals surface area contributed by atoms with E-state index in [2.05, 4.69) is 15.6 Å². The summed E-state index contributed by atoms with van der Waals surface area (Å²) in [5.74, 6) is 1.13. The molecule has 0 saturated heterocycles. The summed E-state index contributed by atoms with van der Waals surface area (Å²) in [6.07, 6.45) is -1.63. The Bertz CT molecular complexity index is 511. The Morgan fingerprint density at radius 2 is 2.04 bits per heavy atom. The summed E-state index contributed by atoms with van der Waals surface area (Å²) in [6, 6.07) is 5.88. The number of guanidine groups is 1. The molecule has 0 aliphatic heterocycles. The van der Waals surface area contributed by atoms with Gasteiger partial charge in [-0.1, -0.05) is 12.1 Å². The van der Waals surface area contributed by atoms with Crippen molar-refractivity contribution in [1.29, 1.82) is 0 Å². The quantitative estimate of drug-likeness (QED) is 0.390. The molecule has 0 radical (unpaired) electrons. The zero-order valence-electron chi connectivity index (χ0n) is 14.6. The number of hydrogen-bond donors (Lipinski definition) is 2. The minimum Gasteiger partial charge on any atom is -0.493 e. The van der Waals surface area contributed by atoms with Gasteiger partial charge in [0.2, 0.25) is 0 Å². The molecule has 0 aliphatic carbocycles. The molecule has 0 heterocycles. The summed E-state index contributed by atoms with van der Waals surface area (Å²) in [6.45, 7) is 5.58. The molecule has 0 spiro atoms. The average Bonchev–Trinajstić information content (AvgIpc) is 2.55. The predicted octanol–water partition coefficient (Wildman–Crippen LogP) is 2.73. The molecule has 1 rings (SSSR count). The number of nitrogens with one attached hydrogen (secondary N) is 2. The van der Waals surface area contributed by atoms with Crippen molar-refractivity contribution in [3.05, 3.63) is 29.3 Å². The lowest BCUT2D eigenvalue weighted by Crippen LogP contribution is -2.39. The molecular formula is C17H27F2N3O2. The maximum atomic E-state index is 12.3. The number of nitrogens with zero attached hydrogens (tertiary/aromatic N) is 1. The van der Waals surface area contributed by atoms with E-state index in [1.807, 2.05) is 32.0 Å². The summed E-state index contributed by atoms with van der Waals surface area (Å²) in [5, 5.41) is 5.56. The molecule has 0 atom stereocenters. The smallest absolute Gasteiger partial charge is 0.255 e. The fourth-order valence-corrected chi connectivity index (χ4v) is 1.99. The summed E-state index contributed by atoms with van der Waals surface area (Å²) in [4.78, 5) is 4.35. The van der Waals surface area contributed by atoms with E-state index in [4.69, 9.17) is 9.47 Å². The van der Waals surface area contributed by atoms with E-state index in [1.54, 1.807) is 7.11 Å². The van der Waals surface area contributed by atoms with Crippen molar-refractivity contribution >= 4 is 5.96 Å². The van der Waals surface area contributed by atoms with Crippen molar-refractivity contribution in [1.82, 2.24) is 10.6 Å². The van der Waals surface area contributed by atoms with Gasteiger partial charge in [-0.15, -0.1) is 0 Å². The van der Waals surface area contributed by atoms with Gasteiger partial charge in [0, 0.05) is 32.2 Å². The third-order valence-corrected chi connectivity index (χ3v) is 3.15. The van der Waals surface area contributed by atoms with Gasteiger partial charge in [-0.25, -0.2) is 13.8 Å². The number of alkyl halides is 2. The second kappa shape index (κ2) is 11.6. The first-order valence-corrected chi connectivity index (χ1v) is 8.08. The number of rotatable bonds is 10. The van der Waals surface area contributed by atoms with Gasteiger partial charge in [0.15, 0.2) is 5.96 Å². The minimum atomic E-state index is -2.42. The van der Waals surface area contributed by atoms with Crippen molar-refractivity contribution in [2.24, 2.45) is 4.99 Å². The van der Waals surface area contributed by atoms with Gasteiger partial charge in [0.25, 0.3) is 6.43 Å². The van der Waals surface area contributed by atoms with E-state index in [1.165, 1.54) is 0 Å². The Balaban J connectivity index is 2.73. The van der Waals surface area contributed by atoms with Gasteiger partial charge in [0.1, 0.15) is 5.75 Å². The van der Waals surface area contributed by atoms with Crippen molar-refractivity contribution in [2.45, 2.75) is 33.2 Å². The summed E-state index contributed by atoms with van der Waals surface area (Å²) >= 11 is 0. The van der Waals surface area contributed by atoms with Gasteiger partial charge in [-0.2, -0.15) is 0 Å². The van der Waals surface area contributed by atoms with Crippen LogP contribution in [0.15, 0.2) is 23.2 Å². The van der Waals surface area contributed by atoms with Gasteiger partial charge in [-0.05, 0) is 25.5 Å². The van der Waals surface area contributed by atoms with Gasteiger partial charge in [0.05, 0.1) is 19.7 Å². The minimum absolute atomic E-state index is 0.346. The van der Waals surface area contributed by atoms with Gasteiger partial charge < -0.3 is 20.1 Å². The van der Waals surface area contributed by atoms with E-state index in [0.717, 1.165) is 23.3 Å². The second-order valence-electron chi connectivity index (χ2n) is 5.27. The van der Waals surface area contributed by atoms with E-state index < -0.39 is 13.0 Å². The van der Waals surface area contributed by atoms with Crippen LogP contribution in [0, 0.1) is 6.92 Å². The zero-order valence-corrected chi connectivity index (χ0v) is 14.6. The number of aryl methyl sites for hydroxylation is 1. The van der Waals surface area contributed by atoms with Crippen LogP contribution in [0.1, 0.15) is 24.5 Å². The molecule has 0 aromatic heterocycles. The Kier molecular flexibility index (Phi) is 9.76. The maximum Gasteiger partial charge on any atom is 0.255 e. The van der Waals surface area contributed by atoms with Crippen molar-refractivity contribution in [3.8, 4) is 5.75 Å². The molecule has 1 aromatic carbocycles. The number of ether oxygens (including phenoxy) is 2. The van der Waals surface area contributed by atoms with Crippen molar-refractivity contribution < 1.29 is 18.3 Å². The molecule has 5 nitrogen and oxygen atoms in total. The molecule has 7 heteroatoms. The molecule has 0 aliphatic rings. The predicted molar refractivity (Wildman–Crippen MR) is 92.0 cm³/mol. The Labute approximate surface area is 142 Å². The fraction of sp³-hybridized carbons (Fsp3) is 0.588. The molecule has 0 bridgehead atoms. The summed E-state index contributed by atoms with van der Waals surface area (Å²) in [7, 11) is 1.65. The number of hydrogen-bond acceptors (Lipinski definition) is 3. The van der Waals surface area contributed by atoms with Crippen LogP contribution in [-0.2, 0) is 11.3 Å². The van der Waals surface area contributed by atoms with Crippen molar-refractivity contribution in [3.63, 3.8) is 0 Å². The molecule has 1 aromatic rings. The van der Waals surface area contributed by atoms with Gasteiger partial charge in [-0.3, -0.25) is 0 Å². The van der Waals surface area contributed by atoms with Crippen LogP contribution in [0.3, 0.4) is 0 Å². The lowest BCUT2D eigenvalue weighted by Gasteiger charge is -2.13. The monoisotopic (exact) mass is 343 g/mol. The van der Waals surface area contributed by atoms with Crippen LogP contribution >= 0.6 is 0 Å². The molecule has 0 unspecified atom stereocenters. The Hall–Kier alpha value is -1.89. The number of benzene rings is 1. The Morgan fingerprint density at radius 3 is 2.71 bits per heavy atom. The van der Waals surface area contributed by atoms with E-state index in [0.29, 0.717) is 32.3 Å². The summed E-state index contributed by atoms with van der Waals surface area (Å²) in [5.41, 5.74) is 2.00. The zero-order chi connectivity index (χ0) is 17.8. The molecule has 0 saturated carbocycles. The average molecular weight is 343 g/mol. The number of methoxy groups -OCH3 is 1. The van der Waals surface area contributed by atoms with Crippen molar-refractivity contribution in [2.75, 3.05) is 33.4 Å². The highest BCUT2D eigenvalue weighted by atomic mass is 19.3. The first-order chi connectivity index (χ1) is 11.6. The highest BCUT2D eigenvalue weighted by Gasteiger charge is 2.07. The first kappa shape index (κ1) is 20.2. The number of aliphatic imine (C=N–C) groups is 1. The highest BCUT2D eigenvalue weighted by Crippen LogP contribution is 2.21. The normalized spacial score (nSPS) is 11.7. The standard InChI is InChI=1S/C17H27F2N3O2/c1-4-20-17(22-12-16(18)19)21-11-14-7-6-13(2)10-15(14)24-9-5-8-23-3/h6-7,10,16H,4-5,8-9,11-12H2,1-3H3,(H2,20,21,22). The van der Waals surface area contributed by atoms with E-state index in [-0.39, 0.29) is 0 Å². The largest absolute Gasteiger partial charge is 0.493 e. The Morgan fingerprint density at radius 1 is 1.25 bits per heavy atom. The highest BCUT2D eigenvalue weighted by molar-refractivity contribution is 5.79. The molecule has 136 valence electrons. The topological polar surface area (TPSA) is 54.9 Å². The molecule has 24 heavy (non-hydrogen) atoms. The van der Waals surface area contributed by atoms with Crippen LogP contribution < -0.4 is 15.4 Å². The lowest BCUT2D eigenvalue weighted by atomic mass is 10.1. The van der Waals surface area contributed by atoms with Crippen LogP contribution in [0.2, 0.25) is 0 Å². The molecule has 2 N–H and O–H groups in total. The first-order valence-electron chi connectivity index (χ1n) is 8.08. The van der Waals surface area contributed by atoms with E-state index >= 15 is 0 Å². The third kappa shape index (κ3) is 8.10. The molecular weight excluding hydrogens is 316 g/mol. The molecule has 0 amide bonds. The number of halogens is 2. The van der Waals surface area contributed by atoms with Crippen LogP contribution in [-0.4, -0.2) is 45.8 Å². The van der Waals surface area contributed by atoms with E-state index in [9.17, 15) is 8.78 Å². The van der Waals surface area contributed by atoms with Crippen LogP contribution in [0.4, 0.5) is 8.78 Å². The third-order valence-electron chi connectivity index (χ3n) is 3.15. The maximum absolute atomic E-state index is 12.3.